The van der Waals surface area contributed by atoms with Crippen molar-refractivity contribution in [3.05, 3.63) is 0 Å². The summed E-state index contributed by atoms with van der Waals surface area (Å²) in [6.45, 7) is 4.47. The monoisotopic (exact) mass is 159 g/mol. The predicted molar refractivity (Wildman–Crippen MR) is 45.6 cm³/mol. The Morgan fingerprint density at radius 1 is 1.50 bits per heavy atom. The molecule has 58 valence electrons. The van der Waals surface area contributed by atoms with Crippen LogP contribution in [-0.4, -0.2) is 24.9 Å². The predicted octanol–water partition coefficient (Wildman–Crippen LogP) is 1.91. The lowest BCUT2D eigenvalue weighted by Gasteiger charge is -1.97. The second-order valence-electron chi connectivity index (χ2n) is 1.94. The van der Waals surface area contributed by atoms with Gasteiger partial charge in [0.05, 0.1) is 11.7 Å². The zero-order valence-corrected chi connectivity index (χ0v) is 7.12. The minimum absolute atomic E-state index is 0.743. The summed E-state index contributed by atoms with van der Waals surface area (Å²) in [5.74, 6) is 0. The smallest absolute Gasteiger partial charge is 0.0584 e. The summed E-state index contributed by atoms with van der Waals surface area (Å²) in [7, 11) is 0. The fourth-order valence-electron chi connectivity index (χ4n) is 0.538. The molecule has 2 nitrogen and oxygen atoms in total. The van der Waals surface area contributed by atoms with Crippen molar-refractivity contribution in [2.45, 2.75) is 19.8 Å². The van der Waals surface area contributed by atoms with Crippen LogP contribution >= 0.6 is 12.2 Å². The molecule has 0 aromatic carbocycles. The van der Waals surface area contributed by atoms with Crippen LogP contribution in [0, 0.1) is 0 Å². The molecule has 0 aromatic heterocycles. The Bertz CT molecular complexity index is 110. The quantitative estimate of drug-likeness (QED) is 0.335. The Morgan fingerprint density at radius 3 is 2.90 bits per heavy atom. The summed E-state index contributed by atoms with van der Waals surface area (Å²) in [5.41, 5.74) is 0. The van der Waals surface area contributed by atoms with Crippen molar-refractivity contribution < 1.29 is 4.74 Å². The Hall–Kier alpha value is -0.240. The third kappa shape index (κ3) is 7.76. The van der Waals surface area contributed by atoms with Crippen LogP contribution in [-0.2, 0) is 4.74 Å². The van der Waals surface area contributed by atoms with Gasteiger partial charge in [0.1, 0.15) is 0 Å². The van der Waals surface area contributed by atoms with Crippen LogP contribution in [0.2, 0.25) is 0 Å². The van der Waals surface area contributed by atoms with Gasteiger partial charge in [0.15, 0.2) is 0 Å². The molecule has 0 unspecified atom stereocenters. The minimum Gasteiger partial charge on any atom is -0.381 e. The van der Waals surface area contributed by atoms with Crippen LogP contribution in [0.3, 0.4) is 0 Å². The van der Waals surface area contributed by atoms with E-state index in [9.17, 15) is 0 Å². The summed E-state index contributed by atoms with van der Waals surface area (Å²) in [4.78, 5) is 3.75. The first-order valence-electron chi connectivity index (χ1n) is 3.53. The molecule has 0 spiro atoms. The lowest BCUT2D eigenvalue weighted by Crippen LogP contribution is -1.96. The number of ether oxygens (including phenoxy) is 1. The van der Waals surface area contributed by atoms with E-state index in [1.165, 1.54) is 0 Å². The van der Waals surface area contributed by atoms with E-state index >= 15 is 0 Å². The van der Waals surface area contributed by atoms with Crippen LogP contribution in [0.25, 0.3) is 0 Å². The average molecular weight is 159 g/mol. The Labute approximate surface area is 67.3 Å². The molecule has 0 aliphatic rings. The van der Waals surface area contributed by atoms with Crippen molar-refractivity contribution in [3.8, 4) is 0 Å². The molecule has 0 amide bonds. The first-order valence-corrected chi connectivity index (χ1v) is 3.94. The third-order valence-electron chi connectivity index (χ3n) is 0.972. The number of thiocarbonyl (C=S) groups is 1. The summed E-state index contributed by atoms with van der Waals surface area (Å²) in [5, 5.41) is 2.31. The van der Waals surface area contributed by atoms with Gasteiger partial charge in [0, 0.05) is 13.2 Å². The first-order chi connectivity index (χ1) is 4.91. The standard InChI is InChI=1S/C7H13NOS/c1-2-5-9-6-3-4-8-7-10/h2-6H2,1H3. The second kappa shape index (κ2) is 8.76. The van der Waals surface area contributed by atoms with Gasteiger partial charge in [0.25, 0.3) is 0 Å². The zero-order chi connectivity index (χ0) is 7.66. The maximum Gasteiger partial charge on any atom is 0.0584 e. The van der Waals surface area contributed by atoms with E-state index in [0.717, 1.165) is 32.6 Å². The molecule has 0 saturated carbocycles. The third-order valence-corrected chi connectivity index (χ3v) is 1.10. The number of nitrogens with zero attached hydrogens (tertiary/aromatic N) is 1. The highest BCUT2D eigenvalue weighted by molar-refractivity contribution is 7.78. The van der Waals surface area contributed by atoms with Gasteiger partial charge in [-0.2, -0.15) is 0 Å². The van der Waals surface area contributed by atoms with Gasteiger partial charge >= 0.3 is 0 Å². The van der Waals surface area contributed by atoms with Crippen molar-refractivity contribution in [1.29, 1.82) is 0 Å². The Kier molecular flexibility index (Phi) is 8.55. The van der Waals surface area contributed by atoms with Crippen LogP contribution in [0.4, 0.5) is 0 Å². The highest BCUT2D eigenvalue weighted by Crippen LogP contribution is 1.85. The Balaban J connectivity index is 2.83. The van der Waals surface area contributed by atoms with Gasteiger partial charge < -0.3 is 4.74 Å². The molecule has 0 N–H and O–H groups in total. The van der Waals surface area contributed by atoms with E-state index in [0.29, 0.717) is 0 Å². The number of aliphatic imine (C=N–C) groups is 1. The summed E-state index contributed by atoms with van der Waals surface area (Å²) in [6.07, 6.45) is 2.03. The van der Waals surface area contributed by atoms with E-state index in [1.807, 2.05) is 0 Å². The van der Waals surface area contributed by atoms with Gasteiger partial charge in [-0.25, -0.2) is 4.99 Å². The largest absolute Gasteiger partial charge is 0.381 e. The van der Waals surface area contributed by atoms with Gasteiger partial charge in [0.2, 0.25) is 0 Å². The maximum absolute atomic E-state index is 5.21. The molecule has 3 heteroatoms. The molecule has 10 heavy (non-hydrogen) atoms. The molecule has 0 saturated heterocycles. The SMILES string of the molecule is CCCOCCCN=C=S. The normalized spacial score (nSPS) is 8.90. The van der Waals surface area contributed by atoms with E-state index in [-0.39, 0.29) is 0 Å². The summed E-state index contributed by atoms with van der Waals surface area (Å²) < 4.78 is 5.21. The average Bonchev–Trinajstić information content (AvgIpc) is 1.97. The molecule has 0 aliphatic carbocycles. The van der Waals surface area contributed by atoms with E-state index in [4.69, 9.17) is 4.74 Å². The van der Waals surface area contributed by atoms with Crippen LogP contribution in [0.15, 0.2) is 4.99 Å². The molecule has 0 radical (unpaired) electrons. The number of hydrogen-bond donors (Lipinski definition) is 0. The molecule has 0 aromatic rings. The second-order valence-corrected chi connectivity index (χ2v) is 2.12. The summed E-state index contributed by atoms with van der Waals surface area (Å²) >= 11 is 4.40. The topological polar surface area (TPSA) is 21.6 Å². The molecule has 0 rings (SSSR count). The van der Waals surface area contributed by atoms with Crippen LogP contribution < -0.4 is 0 Å². The fraction of sp³-hybridized carbons (Fsp3) is 0.857. The molecular weight excluding hydrogens is 146 g/mol. The van der Waals surface area contributed by atoms with Crippen molar-refractivity contribution in [1.82, 2.24) is 0 Å². The van der Waals surface area contributed by atoms with Crippen molar-refractivity contribution in [2.75, 3.05) is 19.8 Å². The van der Waals surface area contributed by atoms with E-state index in [2.05, 4.69) is 29.3 Å². The number of hydrogen-bond acceptors (Lipinski definition) is 3. The molecule has 0 aliphatic heterocycles. The highest BCUT2D eigenvalue weighted by Gasteiger charge is 1.84. The van der Waals surface area contributed by atoms with Gasteiger partial charge in [-0.1, -0.05) is 6.92 Å². The van der Waals surface area contributed by atoms with Crippen LogP contribution in [0.5, 0.6) is 0 Å². The lowest BCUT2D eigenvalue weighted by molar-refractivity contribution is 0.134. The van der Waals surface area contributed by atoms with E-state index < -0.39 is 0 Å². The number of rotatable bonds is 6. The summed E-state index contributed by atoms with van der Waals surface area (Å²) in [6, 6.07) is 0. The molecule has 0 heterocycles. The van der Waals surface area contributed by atoms with Crippen molar-refractivity contribution >= 4 is 17.4 Å². The highest BCUT2D eigenvalue weighted by atomic mass is 32.1. The molecular formula is C7H13NOS. The Morgan fingerprint density at radius 2 is 2.30 bits per heavy atom. The van der Waals surface area contributed by atoms with Crippen LogP contribution in [0.1, 0.15) is 19.8 Å². The minimum atomic E-state index is 0.743. The first kappa shape index (κ1) is 9.76. The van der Waals surface area contributed by atoms with Crippen molar-refractivity contribution in [3.63, 3.8) is 0 Å². The maximum atomic E-state index is 5.21. The van der Waals surface area contributed by atoms with Gasteiger partial charge in [-0.15, -0.1) is 0 Å². The zero-order valence-electron chi connectivity index (χ0n) is 6.30. The van der Waals surface area contributed by atoms with Gasteiger partial charge in [-0.05, 0) is 25.1 Å². The lowest BCUT2D eigenvalue weighted by atomic mass is 10.4. The fourth-order valence-corrected chi connectivity index (χ4v) is 0.629. The molecule has 0 bridgehead atoms. The molecule has 0 atom stereocenters. The van der Waals surface area contributed by atoms with Gasteiger partial charge in [-0.3, -0.25) is 0 Å². The van der Waals surface area contributed by atoms with E-state index in [1.54, 1.807) is 0 Å². The van der Waals surface area contributed by atoms with Crippen molar-refractivity contribution in [2.24, 2.45) is 4.99 Å². The molecule has 0 fully saturated rings. The number of isothiocyanates is 1.